The van der Waals surface area contributed by atoms with Crippen LogP contribution in [0.25, 0.3) is 6.08 Å². The standard InChI is InChI=1S/C20H18FNO4/c1-2-26-19(24)20(25,11-10-13-6-5-7-14(21)12-13)17-15-8-3-4-9-16(15)22-18(17)23/h3-12,17,25H,2H2,1H3,(H,22,23)/b11-10+. The van der Waals surface area contributed by atoms with Crippen LogP contribution in [0, 0.1) is 5.82 Å². The van der Waals surface area contributed by atoms with E-state index in [-0.39, 0.29) is 6.61 Å². The zero-order chi connectivity index (χ0) is 18.7. The average molecular weight is 355 g/mol. The third-order valence-electron chi connectivity index (χ3n) is 4.21. The highest BCUT2D eigenvalue weighted by Crippen LogP contribution is 2.41. The lowest BCUT2D eigenvalue weighted by atomic mass is 9.82. The number of rotatable bonds is 5. The molecular weight excluding hydrogens is 337 g/mol. The van der Waals surface area contributed by atoms with E-state index in [2.05, 4.69) is 5.32 Å². The van der Waals surface area contributed by atoms with E-state index in [0.717, 1.165) is 0 Å². The van der Waals surface area contributed by atoms with Crippen LogP contribution in [0.1, 0.15) is 24.0 Å². The third kappa shape index (κ3) is 3.23. The summed E-state index contributed by atoms with van der Waals surface area (Å²) in [4.78, 5) is 25.0. The summed E-state index contributed by atoms with van der Waals surface area (Å²) in [6.45, 7) is 1.65. The zero-order valence-electron chi connectivity index (χ0n) is 14.1. The maximum atomic E-state index is 13.4. The second-order valence-electron chi connectivity index (χ2n) is 5.94. The van der Waals surface area contributed by atoms with Crippen LogP contribution < -0.4 is 5.32 Å². The highest BCUT2D eigenvalue weighted by atomic mass is 19.1. The van der Waals surface area contributed by atoms with Gasteiger partial charge in [0.15, 0.2) is 5.60 Å². The monoisotopic (exact) mass is 355 g/mol. The Morgan fingerprint density at radius 2 is 2.08 bits per heavy atom. The molecule has 0 fully saturated rings. The number of aliphatic hydroxyl groups is 1. The Morgan fingerprint density at radius 3 is 2.81 bits per heavy atom. The molecule has 0 saturated heterocycles. The first-order chi connectivity index (χ1) is 12.5. The number of carbonyl (C=O) groups is 2. The van der Waals surface area contributed by atoms with Crippen molar-refractivity contribution in [1.82, 2.24) is 0 Å². The predicted molar refractivity (Wildman–Crippen MR) is 94.8 cm³/mol. The molecule has 1 amide bonds. The van der Waals surface area contributed by atoms with Crippen LogP contribution in [0.5, 0.6) is 0 Å². The molecule has 1 aliphatic heterocycles. The molecule has 0 bridgehead atoms. The lowest BCUT2D eigenvalue weighted by Crippen LogP contribution is -2.46. The Kier molecular flexibility index (Phi) is 4.86. The smallest absolute Gasteiger partial charge is 0.343 e. The highest BCUT2D eigenvalue weighted by Gasteiger charge is 2.51. The minimum absolute atomic E-state index is 0.0466. The molecule has 26 heavy (non-hydrogen) atoms. The lowest BCUT2D eigenvalue weighted by molar-refractivity contribution is -0.163. The summed E-state index contributed by atoms with van der Waals surface area (Å²) < 4.78 is 18.4. The summed E-state index contributed by atoms with van der Waals surface area (Å²) in [7, 11) is 0. The van der Waals surface area contributed by atoms with Gasteiger partial charge in [0.1, 0.15) is 11.7 Å². The fourth-order valence-electron chi connectivity index (χ4n) is 3.01. The summed E-state index contributed by atoms with van der Waals surface area (Å²) in [5.41, 5.74) is -0.750. The molecule has 0 saturated carbocycles. The van der Waals surface area contributed by atoms with E-state index in [1.807, 2.05) is 0 Å². The van der Waals surface area contributed by atoms with Gasteiger partial charge in [-0.05, 0) is 42.3 Å². The summed E-state index contributed by atoms with van der Waals surface area (Å²) >= 11 is 0. The molecule has 134 valence electrons. The predicted octanol–water partition coefficient (Wildman–Crippen LogP) is 2.87. The molecule has 1 aliphatic rings. The van der Waals surface area contributed by atoms with Gasteiger partial charge in [-0.15, -0.1) is 0 Å². The fourth-order valence-corrected chi connectivity index (χ4v) is 3.01. The topological polar surface area (TPSA) is 75.6 Å². The van der Waals surface area contributed by atoms with Crippen LogP contribution >= 0.6 is 0 Å². The van der Waals surface area contributed by atoms with E-state index >= 15 is 0 Å². The van der Waals surface area contributed by atoms with Crippen LogP contribution in [0.4, 0.5) is 10.1 Å². The van der Waals surface area contributed by atoms with Crippen LogP contribution in [-0.4, -0.2) is 29.2 Å². The molecule has 0 spiro atoms. The Hall–Kier alpha value is -2.99. The van der Waals surface area contributed by atoms with Gasteiger partial charge in [0.25, 0.3) is 0 Å². The number of ether oxygens (including phenoxy) is 1. The molecule has 6 heteroatoms. The Balaban J connectivity index is 2.05. The number of para-hydroxylation sites is 1. The largest absolute Gasteiger partial charge is 0.464 e. The molecule has 0 aromatic heterocycles. The van der Waals surface area contributed by atoms with Gasteiger partial charge in [0.05, 0.1) is 6.61 Å². The number of fused-ring (bicyclic) bond motifs is 1. The number of esters is 1. The second kappa shape index (κ2) is 7.09. The first kappa shape index (κ1) is 17.8. The van der Waals surface area contributed by atoms with E-state index in [1.165, 1.54) is 30.4 Å². The first-order valence-corrected chi connectivity index (χ1v) is 8.20. The summed E-state index contributed by atoms with van der Waals surface area (Å²) in [5, 5.41) is 13.8. The van der Waals surface area contributed by atoms with E-state index in [0.29, 0.717) is 16.8 Å². The van der Waals surface area contributed by atoms with Crippen molar-refractivity contribution < 1.29 is 23.8 Å². The van der Waals surface area contributed by atoms with Crippen LogP contribution in [0.2, 0.25) is 0 Å². The van der Waals surface area contributed by atoms with E-state index < -0.39 is 29.2 Å². The van der Waals surface area contributed by atoms with Crippen molar-refractivity contribution >= 4 is 23.6 Å². The number of benzene rings is 2. The number of anilines is 1. The number of hydrogen-bond donors (Lipinski definition) is 2. The molecule has 2 aromatic rings. The van der Waals surface area contributed by atoms with E-state index in [1.54, 1.807) is 37.3 Å². The SMILES string of the molecule is CCOC(=O)C(O)(/C=C/c1cccc(F)c1)C1C(=O)Nc2ccccc21. The van der Waals surface area contributed by atoms with E-state index in [9.17, 15) is 19.1 Å². The minimum Gasteiger partial charge on any atom is -0.464 e. The van der Waals surface area contributed by atoms with Crippen molar-refractivity contribution in [2.24, 2.45) is 0 Å². The maximum Gasteiger partial charge on any atom is 0.343 e. The Labute approximate surface area is 150 Å². The Morgan fingerprint density at radius 1 is 1.31 bits per heavy atom. The number of halogens is 1. The van der Waals surface area contributed by atoms with Gasteiger partial charge >= 0.3 is 5.97 Å². The van der Waals surface area contributed by atoms with Gasteiger partial charge < -0.3 is 15.2 Å². The van der Waals surface area contributed by atoms with Crippen molar-refractivity contribution in [3.8, 4) is 0 Å². The highest BCUT2D eigenvalue weighted by molar-refractivity contribution is 6.07. The molecule has 2 unspecified atom stereocenters. The van der Waals surface area contributed by atoms with E-state index in [4.69, 9.17) is 4.74 Å². The molecule has 3 rings (SSSR count). The molecular formula is C20H18FNO4. The minimum atomic E-state index is -2.22. The quantitative estimate of drug-likeness (QED) is 0.809. The maximum absolute atomic E-state index is 13.4. The molecule has 0 aliphatic carbocycles. The van der Waals surface area contributed by atoms with Gasteiger partial charge in [-0.1, -0.05) is 36.4 Å². The summed E-state index contributed by atoms with van der Waals surface area (Å²) in [5.74, 6) is -3.06. The van der Waals surface area contributed by atoms with Crippen molar-refractivity contribution in [1.29, 1.82) is 0 Å². The number of amides is 1. The molecule has 2 N–H and O–H groups in total. The number of carbonyl (C=O) groups excluding carboxylic acids is 2. The molecule has 5 nitrogen and oxygen atoms in total. The van der Waals surface area contributed by atoms with Crippen molar-refractivity contribution in [2.45, 2.75) is 18.4 Å². The van der Waals surface area contributed by atoms with Gasteiger partial charge in [0, 0.05) is 5.69 Å². The van der Waals surface area contributed by atoms with Gasteiger partial charge in [-0.2, -0.15) is 0 Å². The molecule has 0 radical (unpaired) electrons. The zero-order valence-corrected chi connectivity index (χ0v) is 14.1. The van der Waals surface area contributed by atoms with Crippen LogP contribution in [0.3, 0.4) is 0 Å². The molecule has 2 aromatic carbocycles. The fraction of sp³-hybridized carbons (Fsp3) is 0.200. The summed E-state index contributed by atoms with van der Waals surface area (Å²) in [6.07, 6.45) is 2.58. The van der Waals surface area contributed by atoms with Gasteiger partial charge in [0.2, 0.25) is 5.91 Å². The molecule has 1 heterocycles. The average Bonchev–Trinajstić information content (AvgIpc) is 2.96. The van der Waals surface area contributed by atoms with Crippen molar-refractivity contribution in [3.05, 3.63) is 71.6 Å². The van der Waals surface area contributed by atoms with Crippen LogP contribution in [0.15, 0.2) is 54.6 Å². The van der Waals surface area contributed by atoms with Crippen molar-refractivity contribution in [2.75, 3.05) is 11.9 Å². The number of hydrogen-bond acceptors (Lipinski definition) is 4. The lowest BCUT2D eigenvalue weighted by Gasteiger charge is -2.27. The normalized spacial score (nSPS) is 18.3. The molecule has 2 atom stereocenters. The van der Waals surface area contributed by atoms with Crippen LogP contribution in [-0.2, 0) is 14.3 Å². The Bertz CT molecular complexity index is 880. The first-order valence-electron chi connectivity index (χ1n) is 8.20. The van der Waals surface area contributed by atoms with Gasteiger partial charge in [-0.25, -0.2) is 9.18 Å². The van der Waals surface area contributed by atoms with Crippen molar-refractivity contribution in [3.63, 3.8) is 0 Å². The number of nitrogens with one attached hydrogen (secondary N) is 1. The third-order valence-corrected chi connectivity index (χ3v) is 4.21. The second-order valence-corrected chi connectivity index (χ2v) is 5.94. The van der Waals surface area contributed by atoms with Gasteiger partial charge in [-0.3, -0.25) is 4.79 Å². The summed E-state index contributed by atoms with van der Waals surface area (Å²) in [6, 6.07) is 12.5.